The zero-order chi connectivity index (χ0) is 27.7. The van der Waals surface area contributed by atoms with Gasteiger partial charge in [0.05, 0.1) is 31.8 Å². The number of aliphatic hydroxyl groups excluding tert-OH is 1. The Balaban J connectivity index is 0.00000596. The number of likely N-dealkylation sites (N-methyl/N-ethyl adjacent to an activating group) is 1. The maximum Gasteiger partial charge on any atom is 0.317 e. The van der Waals surface area contributed by atoms with Gasteiger partial charge in [-0.3, -0.25) is 9.59 Å². The second-order valence-electron chi connectivity index (χ2n) is 10.0. The fraction of sp³-hybridized carbons (Fsp3) is 0.593. The summed E-state index contributed by atoms with van der Waals surface area (Å²) in [6, 6.07) is 8.63. The van der Waals surface area contributed by atoms with Gasteiger partial charge in [-0.15, -0.1) is 12.8 Å². The summed E-state index contributed by atoms with van der Waals surface area (Å²) >= 11 is 0. The van der Waals surface area contributed by atoms with E-state index in [-0.39, 0.29) is 31.6 Å². The van der Waals surface area contributed by atoms with Gasteiger partial charge in [0.15, 0.2) is 0 Å². The lowest BCUT2D eigenvalue weighted by molar-refractivity contribution is -0.126. The molecule has 0 bridgehead atoms. The Morgan fingerprint density at radius 2 is 1.64 bits per heavy atom. The molecule has 5 N–H and O–H groups in total. The molecular formula is C27H45N5O4. The van der Waals surface area contributed by atoms with Crippen molar-refractivity contribution in [3.8, 4) is 12.8 Å². The Bertz CT molecular complexity index is 805. The van der Waals surface area contributed by atoms with Crippen LogP contribution in [0.4, 0.5) is 4.79 Å². The van der Waals surface area contributed by atoms with Crippen molar-refractivity contribution in [3.05, 3.63) is 35.9 Å². The number of nitrogens with zero attached hydrogens (tertiary/aromatic N) is 1. The monoisotopic (exact) mass is 503 g/mol. The molecule has 0 saturated heterocycles. The molecule has 2 atom stereocenters. The molecule has 1 rings (SSSR count). The molecule has 9 heteroatoms. The van der Waals surface area contributed by atoms with E-state index in [0.717, 1.165) is 12.0 Å². The second-order valence-corrected chi connectivity index (χ2v) is 10.0. The van der Waals surface area contributed by atoms with Crippen LogP contribution in [0.25, 0.3) is 0 Å². The smallest absolute Gasteiger partial charge is 0.317 e. The Kier molecular flexibility index (Phi) is 15.9. The van der Waals surface area contributed by atoms with E-state index in [4.69, 9.17) is 0 Å². The van der Waals surface area contributed by atoms with Crippen molar-refractivity contribution in [3.63, 3.8) is 0 Å². The zero-order valence-corrected chi connectivity index (χ0v) is 22.6. The SMILES string of the molecule is C#C.CNCC(=O)NCC(=O)N[C@@H](Cc1ccccc1)[C@H](O)CN(CCC(C)C)C(=O)NC(C)(C)C. The highest BCUT2D eigenvalue weighted by atomic mass is 16.3. The Hall–Kier alpha value is -3.09. The average Bonchev–Trinajstić information content (AvgIpc) is 2.80. The zero-order valence-electron chi connectivity index (χ0n) is 22.6. The van der Waals surface area contributed by atoms with Crippen molar-refractivity contribution < 1.29 is 19.5 Å². The van der Waals surface area contributed by atoms with E-state index in [9.17, 15) is 19.5 Å². The Morgan fingerprint density at radius 3 is 2.17 bits per heavy atom. The number of rotatable bonds is 13. The molecule has 1 aromatic rings. The quantitative estimate of drug-likeness (QED) is 0.261. The Labute approximate surface area is 216 Å². The van der Waals surface area contributed by atoms with Crippen molar-refractivity contribution >= 4 is 17.8 Å². The minimum absolute atomic E-state index is 0.0680. The molecule has 0 unspecified atom stereocenters. The van der Waals surface area contributed by atoms with Crippen LogP contribution in [0.5, 0.6) is 0 Å². The lowest BCUT2D eigenvalue weighted by atomic mass is 10.00. The number of amides is 4. The van der Waals surface area contributed by atoms with E-state index in [1.807, 2.05) is 51.1 Å². The van der Waals surface area contributed by atoms with Crippen LogP contribution in [0.15, 0.2) is 30.3 Å². The third-order valence-electron chi connectivity index (χ3n) is 5.05. The van der Waals surface area contributed by atoms with Gasteiger partial charge in [-0.1, -0.05) is 44.2 Å². The molecular weight excluding hydrogens is 458 g/mol. The van der Waals surface area contributed by atoms with Gasteiger partial charge in [0.2, 0.25) is 11.8 Å². The molecule has 0 fully saturated rings. The van der Waals surface area contributed by atoms with Crippen LogP contribution in [-0.4, -0.2) is 78.8 Å². The van der Waals surface area contributed by atoms with Crippen molar-refractivity contribution in [1.29, 1.82) is 0 Å². The first-order chi connectivity index (χ1) is 16.9. The van der Waals surface area contributed by atoms with Crippen LogP contribution >= 0.6 is 0 Å². The minimum Gasteiger partial charge on any atom is -0.389 e. The van der Waals surface area contributed by atoms with Gasteiger partial charge in [-0.2, -0.15) is 0 Å². The molecule has 0 radical (unpaired) electrons. The topological polar surface area (TPSA) is 123 Å². The van der Waals surface area contributed by atoms with Gasteiger partial charge in [0.25, 0.3) is 0 Å². The standard InChI is InChI=1S/C25H43N5O4.C2H2/c1-18(2)12-13-30(24(34)29-25(3,4)5)17-21(31)20(14-19-10-8-7-9-11-19)28-23(33)16-27-22(32)15-26-6;1-2/h7-11,18,20-21,26,31H,12-17H2,1-6H3,(H,27,32)(H,28,33)(H,29,34);1-2H/t20-,21+;/m0./s1. The molecule has 202 valence electrons. The average molecular weight is 504 g/mol. The van der Waals surface area contributed by atoms with Gasteiger partial charge >= 0.3 is 6.03 Å². The summed E-state index contributed by atoms with van der Waals surface area (Å²) in [6.45, 7) is 10.3. The number of hydrogen-bond acceptors (Lipinski definition) is 5. The summed E-state index contributed by atoms with van der Waals surface area (Å²) in [5, 5.41) is 22.2. The first-order valence-corrected chi connectivity index (χ1v) is 12.2. The molecule has 0 aliphatic heterocycles. The molecule has 9 nitrogen and oxygen atoms in total. The van der Waals surface area contributed by atoms with Gasteiger partial charge in [-0.05, 0) is 52.1 Å². The van der Waals surface area contributed by atoms with Crippen LogP contribution in [-0.2, 0) is 16.0 Å². The molecule has 0 aromatic heterocycles. The summed E-state index contributed by atoms with van der Waals surface area (Å²) in [4.78, 5) is 38.7. The minimum atomic E-state index is -1.00. The highest BCUT2D eigenvalue weighted by Crippen LogP contribution is 2.11. The van der Waals surface area contributed by atoms with Crippen LogP contribution in [0, 0.1) is 18.8 Å². The van der Waals surface area contributed by atoms with Crippen LogP contribution in [0.3, 0.4) is 0 Å². The summed E-state index contributed by atoms with van der Waals surface area (Å²) in [6.07, 6.45) is 8.17. The van der Waals surface area contributed by atoms with E-state index < -0.39 is 23.6 Å². The summed E-state index contributed by atoms with van der Waals surface area (Å²) in [5.41, 5.74) is 0.528. The van der Waals surface area contributed by atoms with E-state index >= 15 is 0 Å². The summed E-state index contributed by atoms with van der Waals surface area (Å²) < 4.78 is 0. The number of hydrogen-bond donors (Lipinski definition) is 5. The number of carbonyl (C=O) groups excluding carboxylic acids is 3. The molecule has 0 heterocycles. The van der Waals surface area contributed by atoms with E-state index in [1.165, 1.54) is 0 Å². The van der Waals surface area contributed by atoms with Crippen molar-refractivity contribution in [2.45, 2.75) is 65.1 Å². The van der Waals surface area contributed by atoms with Gasteiger partial charge < -0.3 is 31.3 Å². The normalized spacial score (nSPS) is 12.5. The van der Waals surface area contributed by atoms with Crippen molar-refractivity contribution in [1.82, 2.24) is 26.2 Å². The number of urea groups is 1. The maximum absolute atomic E-state index is 12.9. The first kappa shape index (κ1) is 32.9. The fourth-order valence-corrected chi connectivity index (χ4v) is 3.25. The molecule has 0 saturated carbocycles. The molecule has 1 aromatic carbocycles. The first-order valence-electron chi connectivity index (χ1n) is 12.2. The lowest BCUT2D eigenvalue weighted by Crippen LogP contribution is -2.55. The molecule has 4 amide bonds. The molecule has 0 spiro atoms. The van der Waals surface area contributed by atoms with E-state index in [0.29, 0.717) is 18.9 Å². The second kappa shape index (κ2) is 17.4. The summed E-state index contributed by atoms with van der Waals surface area (Å²) in [5.74, 6) is -0.308. The van der Waals surface area contributed by atoms with Gasteiger partial charge in [0.1, 0.15) is 0 Å². The predicted octanol–water partition coefficient (Wildman–Crippen LogP) is 1.52. The maximum atomic E-state index is 12.9. The molecule has 0 aliphatic carbocycles. The highest BCUT2D eigenvalue weighted by Gasteiger charge is 2.27. The third kappa shape index (κ3) is 15.0. The largest absolute Gasteiger partial charge is 0.389 e. The van der Waals surface area contributed by atoms with Crippen LogP contribution in [0.2, 0.25) is 0 Å². The van der Waals surface area contributed by atoms with Crippen LogP contribution < -0.4 is 21.3 Å². The predicted molar refractivity (Wildman–Crippen MR) is 144 cm³/mol. The van der Waals surface area contributed by atoms with Gasteiger partial charge in [-0.25, -0.2) is 4.79 Å². The van der Waals surface area contributed by atoms with E-state index in [2.05, 4.69) is 48.0 Å². The highest BCUT2D eigenvalue weighted by molar-refractivity contribution is 5.85. The number of nitrogens with one attached hydrogen (secondary N) is 4. The summed E-state index contributed by atoms with van der Waals surface area (Å²) in [7, 11) is 1.65. The third-order valence-corrected chi connectivity index (χ3v) is 5.05. The number of carbonyl (C=O) groups is 3. The van der Waals surface area contributed by atoms with E-state index in [1.54, 1.807) is 11.9 Å². The fourth-order valence-electron chi connectivity index (χ4n) is 3.25. The van der Waals surface area contributed by atoms with Crippen LogP contribution in [0.1, 0.15) is 46.6 Å². The molecule has 0 aliphatic rings. The number of benzene rings is 1. The lowest BCUT2D eigenvalue weighted by Gasteiger charge is -2.33. The van der Waals surface area contributed by atoms with Crippen molar-refractivity contribution in [2.75, 3.05) is 33.2 Å². The number of terminal acetylenes is 1. The molecule has 36 heavy (non-hydrogen) atoms. The van der Waals surface area contributed by atoms with Crippen molar-refractivity contribution in [2.24, 2.45) is 5.92 Å². The Morgan fingerprint density at radius 1 is 1.03 bits per heavy atom. The van der Waals surface area contributed by atoms with Gasteiger partial charge in [0, 0.05) is 12.1 Å². The number of aliphatic hydroxyl groups is 1.